The Morgan fingerprint density at radius 3 is 2.21 bits per heavy atom. The van der Waals surface area contributed by atoms with Gasteiger partial charge in [0, 0.05) is 12.3 Å². The first-order valence-corrected chi connectivity index (χ1v) is 8.50. The Kier molecular flexibility index (Phi) is 5.82. The molecule has 5 heteroatoms. The van der Waals surface area contributed by atoms with Gasteiger partial charge in [-0.15, -0.1) is 0 Å². The van der Waals surface area contributed by atoms with E-state index in [0.29, 0.717) is 6.61 Å². The fourth-order valence-electron chi connectivity index (χ4n) is 1.96. The van der Waals surface area contributed by atoms with Gasteiger partial charge in [-0.3, -0.25) is 0 Å². The molecule has 0 aliphatic heterocycles. The Balaban J connectivity index is 2.99. The summed E-state index contributed by atoms with van der Waals surface area (Å²) < 4.78 is 28.8. The van der Waals surface area contributed by atoms with Gasteiger partial charge in [0.25, 0.3) is 0 Å². The van der Waals surface area contributed by atoms with E-state index in [1.54, 1.807) is 6.92 Å². The predicted octanol–water partition coefficient (Wildman–Crippen LogP) is 2.17. The van der Waals surface area contributed by atoms with Crippen molar-refractivity contribution in [3.8, 4) is 5.75 Å². The predicted molar refractivity (Wildman–Crippen MR) is 78.3 cm³/mol. The van der Waals surface area contributed by atoms with Crippen LogP contribution in [0.5, 0.6) is 5.75 Å². The van der Waals surface area contributed by atoms with E-state index in [1.807, 2.05) is 38.1 Å². The minimum absolute atomic E-state index is 0.198. The van der Waals surface area contributed by atoms with Crippen LogP contribution in [0.4, 0.5) is 0 Å². The molecule has 1 rings (SSSR count). The molecule has 19 heavy (non-hydrogen) atoms. The fraction of sp³-hybridized carbons (Fsp3) is 0.571. The van der Waals surface area contributed by atoms with Crippen LogP contribution in [0.15, 0.2) is 24.3 Å². The first-order chi connectivity index (χ1) is 8.90. The molecule has 2 unspecified atom stereocenters. The van der Waals surface area contributed by atoms with Crippen LogP contribution in [-0.4, -0.2) is 33.1 Å². The van der Waals surface area contributed by atoms with Crippen molar-refractivity contribution in [3.63, 3.8) is 0 Å². The number of rotatable bonds is 7. The van der Waals surface area contributed by atoms with Crippen LogP contribution < -0.4 is 10.1 Å². The number of hydrogen-bond donors (Lipinski definition) is 1. The van der Waals surface area contributed by atoms with Crippen molar-refractivity contribution in [2.75, 3.05) is 19.4 Å². The van der Waals surface area contributed by atoms with Crippen LogP contribution in [-0.2, 0) is 9.84 Å². The second kappa shape index (κ2) is 6.91. The van der Waals surface area contributed by atoms with Crippen LogP contribution in [0.2, 0.25) is 0 Å². The lowest BCUT2D eigenvalue weighted by Gasteiger charge is -2.24. The minimum Gasteiger partial charge on any atom is -0.494 e. The smallest absolute Gasteiger partial charge is 0.151 e. The molecule has 2 atom stereocenters. The number of nitrogens with one attached hydrogen (secondary N) is 1. The normalized spacial score (nSPS) is 14.9. The molecule has 0 aliphatic carbocycles. The average Bonchev–Trinajstić information content (AvgIpc) is 2.36. The zero-order chi connectivity index (χ0) is 14.5. The largest absolute Gasteiger partial charge is 0.494 e. The quantitative estimate of drug-likeness (QED) is 0.834. The van der Waals surface area contributed by atoms with Gasteiger partial charge in [-0.05, 0) is 38.1 Å². The van der Waals surface area contributed by atoms with Crippen molar-refractivity contribution in [2.24, 2.45) is 0 Å². The lowest BCUT2D eigenvalue weighted by Crippen LogP contribution is -2.34. The Bertz CT molecular complexity index is 482. The summed E-state index contributed by atoms with van der Waals surface area (Å²) in [4.78, 5) is 0. The van der Waals surface area contributed by atoms with E-state index in [9.17, 15) is 8.42 Å². The molecular weight excluding hydrogens is 262 g/mol. The van der Waals surface area contributed by atoms with Crippen molar-refractivity contribution in [2.45, 2.75) is 32.1 Å². The van der Waals surface area contributed by atoms with Gasteiger partial charge in [0.05, 0.1) is 11.9 Å². The molecular formula is C14H23NO3S. The maximum absolute atomic E-state index is 11.7. The van der Waals surface area contributed by atoms with Gasteiger partial charge < -0.3 is 10.1 Å². The van der Waals surface area contributed by atoms with E-state index in [0.717, 1.165) is 17.9 Å². The summed E-state index contributed by atoms with van der Waals surface area (Å²) in [7, 11) is -3.09. The second-order valence-electron chi connectivity index (χ2n) is 4.57. The summed E-state index contributed by atoms with van der Waals surface area (Å²) in [6, 6.07) is 7.38. The van der Waals surface area contributed by atoms with Crippen LogP contribution in [0, 0.1) is 0 Å². The van der Waals surface area contributed by atoms with Gasteiger partial charge in [0.15, 0.2) is 9.84 Å². The summed E-state index contributed by atoms with van der Waals surface area (Å²) in [5, 5.41) is 2.77. The fourth-order valence-corrected chi connectivity index (χ4v) is 2.71. The molecule has 0 radical (unpaired) electrons. The maximum atomic E-state index is 11.7. The van der Waals surface area contributed by atoms with E-state index in [-0.39, 0.29) is 6.04 Å². The van der Waals surface area contributed by atoms with Crippen molar-refractivity contribution in [3.05, 3.63) is 29.8 Å². The molecule has 0 fully saturated rings. The third kappa shape index (κ3) is 4.51. The third-order valence-electron chi connectivity index (χ3n) is 3.12. The van der Waals surface area contributed by atoms with E-state index < -0.39 is 15.1 Å². The highest BCUT2D eigenvalue weighted by atomic mass is 32.2. The van der Waals surface area contributed by atoms with E-state index in [1.165, 1.54) is 6.26 Å². The van der Waals surface area contributed by atoms with Gasteiger partial charge in [0.1, 0.15) is 5.75 Å². The standard InChI is InChI=1S/C14H23NO3S/c1-5-15-14(11(3)19(4,16)17)12-7-9-13(10-8-12)18-6-2/h7-11,14-15H,5-6H2,1-4H3. The Morgan fingerprint density at radius 1 is 1.21 bits per heavy atom. The molecule has 0 saturated carbocycles. The van der Waals surface area contributed by atoms with Crippen molar-refractivity contribution >= 4 is 9.84 Å². The van der Waals surface area contributed by atoms with Gasteiger partial charge in [-0.2, -0.15) is 0 Å². The van der Waals surface area contributed by atoms with Gasteiger partial charge in [-0.25, -0.2) is 8.42 Å². The highest BCUT2D eigenvalue weighted by Gasteiger charge is 2.26. The third-order valence-corrected chi connectivity index (χ3v) is 4.74. The van der Waals surface area contributed by atoms with E-state index in [2.05, 4.69) is 5.32 Å². The van der Waals surface area contributed by atoms with Crippen LogP contribution in [0.3, 0.4) is 0 Å². The zero-order valence-electron chi connectivity index (χ0n) is 12.0. The Morgan fingerprint density at radius 2 is 1.79 bits per heavy atom. The molecule has 108 valence electrons. The summed E-state index contributed by atoms with van der Waals surface area (Å²) in [5.41, 5.74) is 0.961. The zero-order valence-corrected chi connectivity index (χ0v) is 12.8. The molecule has 0 bridgehead atoms. The highest BCUT2D eigenvalue weighted by Crippen LogP contribution is 2.24. The molecule has 0 aromatic heterocycles. The Hall–Kier alpha value is -1.07. The second-order valence-corrected chi connectivity index (χ2v) is 6.97. The van der Waals surface area contributed by atoms with Crippen molar-refractivity contribution in [1.82, 2.24) is 5.32 Å². The average molecular weight is 285 g/mol. The molecule has 0 amide bonds. The van der Waals surface area contributed by atoms with Gasteiger partial charge >= 0.3 is 0 Å². The van der Waals surface area contributed by atoms with Crippen LogP contribution >= 0.6 is 0 Å². The van der Waals surface area contributed by atoms with Crippen molar-refractivity contribution < 1.29 is 13.2 Å². The molecule has 1 N–H and O–H groups in total. The molecule has 0 saturated heterocycles. The van der Waals surface area contributed by atoms with E-state index in [4.69, 9.17) is 4.74 Å². The number of hydrogen-bond acceptors (Lipinski definition) is 4. The summed E-state index contributed by atoms with van der Waals surface area (Å²) >= 11 is 0. The first kappa shape index (κ1) is 16.0. The molecule has 0 aliphatic rings. The minimum atomic E-state index is -3.09. The molecule has 4 nitrogen and oxygen atoms in total. The summed E-state index contributed by atoms with van der Waals surface area (Å²) in [6.07, 6.45) is 1.27. The lowest BCUT2D eigenvalue weighted by molar-refractivity contribution is 0.340. The first-order valence-electron chi connectivity index (χ1n) is 6.55. The number of ether oxygens (including phenoxy) is 1. The van der Waals surface area contributed by atoms with Crippen molar-refractivity contribution in [1.29, 1.82) is 0 Å². The van der Waals surface area contributed by atoms with Gasteiger partial charge in [-0.1, -0.05) is 19.1 Å². The molecule has 1 aromatic rings. The number of sulfone groups is 1. The summed E-state index contributed by atoms with van der Waals surface area (Å²) in [6.45, 7) is 6.98. The van der Waals surface area contributed by atoms with E-state index >= 15 is 0 Å². The lowest BCUT2D eigenvalue weighted by atomic mass is 10.0. The molecule has 1 aromatic carbocycles. The molecule has 0 heterocycles. The summed E-state index contributed by atoms with van der Waals surface area (Å²) in [5.74, 6) is 0.800. The SMILES string of the molecule is CCNC(c1ccc(OCC)cc1)C(C)S(C)(=O)=O. The molecule has 0 spiro atoms. The topological polar surface area (TPSA) is 55.4 Å². The Labute approximate surface area is 116 Å². The highest BCUT2D eigenvalue weighted by molar-refractivity contribution is 7.91. The van der Waals surface area contributed by atoms with Crippen LogP contribution in [0.1, 0.15) is 32.4 Å². The number of benzene rings is 1. The van der Waals surface area contributed by atoms with Gasteiger partial charge in [0.2, 0.25) is 0 Å². The maximum Gasteiger partial charge on any atom is 0.151 e. The monoisotopic (exact) mass is 285 g/mol. The van der Waals surface area contributed by atoms with Crippen LogP contribution in [0.25, 0.3) is 0 Å².